The summed E-state index contributed by atoms with van der Waals surface area (Å²) in [6.45, 7) is 0. The van der Waals surface area contributed by atoms with Gasteiger partial charge in [-0.05, 0) is 42.5 Å². The van der Waals surface area contributed by atoms with Gasteiger partial charge in [-0.15, -0.1) is 13.2 Å². The number of hydrogen-bond donors (Lipinski definition) is 2. The molecular weight excluding hydrogens is 445 g/mol. The van der Waals surface area contributed by atoms with Crippen LogP contribution in [-0.2, 0) is 10.0 Å². The second kappa shape index (κ2) is 8.18. The molecule has 0 aliphatic rings. The number of sulfonamides is 1. The first-order valence-electron chi connectivity index (χ1n) is 8.24. The number of methoxy groups -OCH3 is 1. The van der Waals surface area contributed by atoms with Gasteiger partial charge in [-0.2, -0.15) is 13.4 Å². The van der Waals surface area contributed by atoms with Crippen molar-refractivity contribution in [1.82, 2.24) is 4.98 Å². The molecule has 3 aromatic rings. The molecule has 31 heavy (non-hydrogen) atoms. The summed E-state index contributed by atoms with van der Waals surface area (Å²) in [5.41, 5.74) is 0.0616. The molecule has 0 amide bonds. The van der Waals surface area contributed by atoms with E-state index in [0.717, 1.165) is 24.5 Å². The van der Waals surface area contributed by atoms with E-state index < -0.39 is 33.1 Å². The Hall–Kier alpha value is -3.74. The first-order valence-corrected chi connectivity index (χ1v) is 9.73. The van der Waals surface area contributed by atoms with Gasteiger partial charge in [0.25, 0.3) is 10.0 Å². The van der Waals surface area contributed by atoms with Crippen LogP contribution in [0.3, 0.4) is 0 Å². The van der Waals surface area contributed by atoms with Crippen molar-refractivity contribution in [2.24, 2.45) is 0 Å². The Balaban J connectivity index is 1.82. The first kappa shape index (κ1) is 22.0. The van der Waals surface area contributed by atoms with Crippen LogP contribution in [0.5, 0.6) is 11.5 Å². The average Bonchev–Trinajstić information content (AvgIpc) is 3.18. The fourth-order valence-corrected chi connectivity index (χ4v) is 3.36. The molecule has 0 aliphatic carbocycles. The number of carboxylic acids is 1. The number of nitrogens with one attached hydrogen (secondary N) is 1. The minimum Gasteiger partial charge on any atom is -0.495 e. The van der Waals surface area contributed by atoms with E-state index in [1.54, 1.807) is 0 Å². The quantitative estimate of drug-likeness (QED) is 0.548. The third kappa shape index (κ3) is 5.25. The summed E-state index contributed by atoms with van der Waals surface area (Å²) in [6.07, 6.45) is -4.00. The van der Waals surface area contributed by atoms with E-state index >= 15 is 0 Å². The second-order valence-electron chi connectivity index (χ2n) is 5.89. The Morgan fingerprint density at radius 1 is 1.16 bits per heavy atom. The van der Waals surface area contributed by atoms with Gasteiger partial charge in [0, 0.05) is 5.56 Å². The van der Waals surface area contributed by atoms with Crippen LogP contribution in [0.4, 0.5) is 18.9 Å². The maximum atomic E-state index is 12.6. The molecule has 0 fully saturated rings. The van der Waals surface area contributed by atoms with Crippen LogP contribution >= 0.6 is 0 Å². The zero-order valence-corrected chi connectivity index (χ0v) is 16.3. The van der Waals surface area contributed by atoms with Crippen LogP contribution in [0.2, 0.25) is 0 Å². The molecular formula is C18H13F3N2O7S. The molecule has 2 aromatic carbocycles. The number of aromatic carboxylic acids is 1. The minimum absolute atomic E-state index is 0.0348. The molecule has 13 heteroatoms. The average molecular weight is 458 g/mol. The summed E-state index contributed by atoms with van der Waals surface area (Å²) in [5.74, 6) is -1.88. The van der Waals surface area contributed by atoms with Gasteiger partial charge in [0.15, 0.2) is 0 Å². The number of ether oxygens (including phenoxy) is 2. The molecule has 0 saturated carbocycles. The van der Waals surface area contributed by atoms with E-state index in [1.165, 1.54) is 31.4 Å². The van der Waals surface area contributed by atoms with Crippen LogP contribution in [-0.4, -0.2) is 37.9 Å². The molecule has 0 radical (unpaired) electrons. The fraction of sp³-hybridized carbons (Fsp3) is 0.111. The van der Waals surface area contributed by atoms with E-state index in [4.69, 9.17) is 14.3 Å². The summed E-state index contributed by atoms with van der Waals surface area (Å²) in [7, 11) is -3.02. The van der Waals surface area contributed by atoms with Crippen molar-refractivity contribution in [3.8, 4) is 23.0 Å². The molecule has 0 unspecified atom stereocenters. The van der Waals surface area contributed by atoms with E-state index in [9.17, 15) is 26.4 Å². The molecule has 3 rings (SSSR count). The predicted octanol–water partition coefficient (Wildman–Crippen LogP) is 3.75. The zero-order chi connectivity index (χ0) is 22.8. The molecule has 0 spiro atoms. The highest BCUT2D eigenvalue weighted by molar-refractivity contribution is 7.92. The number of halogens is 3. The fourth-order valence-electron chi connectivity index (χ4n) is 2.42. The Morgan fingerprint density at radius 3 is 2.42 bits per heavy atom. The van der Waals surface area contributed by atoms with Gasteiger partial charge in [0.2, 0.25) is 10.9 Å². The molecule has 0 atom stereocenters. The van der Waals surface area contributed by atoms with Crippen LogP contribution in [0, 0.1) is 0 Å². The number of anilines is 1. The van der Waals surface area contributed by atoms with E-state index in [-0.39, 0.29) is 28.5 Å². The highest BCUT2D eigenvalue weighted by Gasteiger charge is 2.31. The van der Waals surface area contributed by atoms with Gasteiger partial charge < -0.3 is 19.0 Å². The van der Waals surface area contributed by atoms with Gasteiger partial charge in [0.05, 0.1) is 18.4 Å². The topological polar surface area (TPSA) is 128 Å². The molecule has 9 nitrogen and oxygen atoms in total. The summed E-state index contributed by atoms with van der Waals surface area (Å²) in [6, 6.07) is 8.00. The van der Waals surface area contributed by atoms with Crippen molar-refractivity contribution >= 4 is 21.7 Å². The Morgan fingerprint density at radius 2 is 1.84 bits per heavy atom. The van der Waals surface area contributed by atoms with Gasteiger partial charge in [-0.25, -0.2) is 4.79 Å². The lowest BCUT2D eigenvalue weighted by Crippen LogP contribution is -2.16. The van der Waals surface area contributed by atoms with Gasteiger partial charge >= 0.3 is 12.3 Å². The standard InChI is InChI=1S/C18H13F3N2O7S/c1-28-14-8-11(17(24)25)4-7-13(14)23-31(26,27)15-9-29-16(22-15)10-2-5-12(6-3-10)30-18(19,20)21/h2-9,23H,1H3,(H,24,25). The van der Waals surface area contributed by atoms with Gasteiger partial charge in [0.1, 0.15) is 17.8 Å². The lowest BCUT2D eigenvalue weighted by atomic mass is 10.2. The van der Waals surface area contributed by atoms with Crippen molar-refractivity contribution < 1.29 is 45.4 Å². The molecule has 2 N–H and O–H groups in total. The Labute approximate surface area is 173 Å². The Bertz CT molecular complexity index is 1210. The number of alkyl halides is 3. The smallest absolute Gasteiger partial charge is 0.495 e. The largest absolute Gasteiger partial charge is 0.573 e. The first-order chi connectivity index (χ1) is 14.5. The number of benzene rings is 2. The molecule has 1 heterocycles. The van der Waals surface area contributed by atoms with Crippen LogP contribution in [0.25, 0.3) is 11.5 Å². The maximum absolute atomic E-state index is 12.6. The number of rotatable bonds is 7. The number of aromatic nitrogens is 1. The van der Waals surface area contributed by atoms with Crippen LogP contribution in [0.1, 0.15) is 10.4 Å². The van der Waals surface area contributed by atoms with Crippen LogP contribution in [0.15, 0.2) is 58.2 Å². The molecule has 0 bridgehead atoms. The van der Waals surface area contributed by atoms with Crippen molar-refractivity contribution in [3.63, 3.8) is 0 Å². The SMILES string of the molecule is COc1cc(C(=O)O)ccc1NS(=O)(=O)c1coc(-c2ccc(OC(F)(F)F)cc2)n1. The van der Waals surface area contributed by atoms with Crippen molar-refractivity contribution in [2.75, 3.05) is 11.8 Å². The maximum Gasteiger partial charge on any atom is 0.573 e. The molecule has 0 saturated heterocycles. The van der Waals surface area contributed by atoms with E-state index in [2.05, 4.69) is 14.4 Å². The van der Waals surface area contributed by atoms with Crippen molar-refractivity contribution in [3.05, 3.63) is 54.3 Å². The van der Waals surface area contributed by atoms with Crippen molar-refractivity contribution in [2.45, 2.75) is 11.4 Å². The highest BCUT2D eigenvalue weighted by atomic mass is 32.2. The van der Waals surface area contributed by atoms with E-state index in [0.29, 0.717) is 0 Å². The summed E-state index contributed by atoms with van der Waals surface area (Å²) >= 11 is 0. The summed E-state index contributed by atoms with van der Waals surface area (Å²) < 4.78 is 78.0. The lowest BCUT2D eigenvalue weighted by molar-refractivity contribution is -0.274. The predicted molar refractivity (Wildman–Crippen MR) is 99.4 cm³/mol. The number of carboxylic acid groups (broad SMARTS) is 1. The Kier molecular flexibility index (Phi) is 5.79. The third-order valence-electron chi connectivity index (χ3n) is 3.79. The van der Waals surface area contributed by atoms with Gasteiger partial charge in [-0.1, -0.05) is 0 Å². The monoisotopic (exact) mass is 458 g/mol. The second-order valence-corrected chi connectivity index (χ2v) is 7.52. The van der Waals surface area contributed by atoms with E-state index in [1.807, 2.05) is 0 Å². The lowest BCUT2D eigenvalue weighted by Gasteiger charge is -2.11. The highest BCUT2D eigenvalue weighted by Crippen LogP contribution is 2.30. The molecule has 164 valence electrons. The summed E-state index contributed by atoms with van der Waals surface area (Å²) in [5, 5.41) is 8.50. The normalized spacial score (nSPS) is 11.7. The number of oxazole rings is 1. The third-order valence-corrected chi connectivity index (χ3v) is 5.01. The molecule has 1 aromatic heterocycles. The summed E-state index contributed by atoms with van der Waals surface area (Å²) in [4.78, 5) is 14.9. The minimum atomic E-state index is -4.85. The molecule has 0 aliphatic heterocycles. The number of carbonyl (C=O) groups is 1. The van der Waals surface area contributed by atoms with Gasteiger partial charge in [-0.3, -0.25) is 4.72 Å². The zero-order valence-electron chi connectivity index (χ0n) is 15.5. The number of hydrogen-bond acceptors (Lipinski definition) is 7. The van der Waals surface area contributed by atoms with Crippen LogP contribution < -0.4 is 14.2 Å². The number of nitrogens with zero attached hydrogens (tertiary/aromatic N) is 1. The van der Waals surface area contributed by atoms with Crippen molar-refractivity contribution in [1.29, 1.82) is 0 Å².